The first-order valence-electron chi connectivity index (χ1n) is 7.69. The van der Waals surface area contributed by atoms with Gasteiger partial charge in [0.05, 0.1) is 29.1 Å². The molecule has 1 aliphatic rings. The average molecular weight is 371 g/mol. The van der Waals surface area contributed by atoms with Gasteiger partial charge in [-0.1, -0.05) is 30.3 Å². The summed E-state index contributed by atoms with van der Waals surface area (Å²) in [6.45, 7) is 7.07. The van der Waals surface area contributed by atoms with Crippen molar-refractivity contribution in [2.24, 2.45) is 0 Å². The van der Waals surface area contributed by atoms with Gasteiger partial charge >= 0.3 is 0 Å². The zero-order valence-electron chi connectivity index (χ0n) is 13.5. The summed E-state index contributed by atoms with van der Waals surface area (Å²) in [5.41, 5.74) is 5.44. The molecule has 1 fully saturated rings. The molecule has 3 nitrogen and oxygen atoms in total. The number of thioether (sulfide) groups is 2. The van der Waals surface area contributed by atoms with Gasteiger partial charge in [0.1, 0.15) is 0 Å². The maximum atomic E-state index is 5.55. The number of aryl methyl sites for hydroxylation is 1. The highest BCUT2D eigenvalue weighted by Crippen LogP contribution is 2.42. The van der Waals surface area contributed by atoms with Gasteiger partial charge in [-0.3, -0.25) is 0 Å². The molecule has 1 saturated heterocycles. The van der Waals surface area contributed by atoms with E-state index in [1.807, 2.05) is 23.5 Å². The third-order valence-corrected chi connectivity index (χ3v) is 6.61. The molecule has 1 aromatic carbocycles. The lowest BCUT2D eigenvalue weighted by Crippen LogP contribution is -3.00. The molecular formula is C17H23ClN2OS2. The first-order chi connectivity index (χ1) is 10.8. The van der Waals surface area contributed by atoms with Crippen LogP contribution in [0, 0.1) is 13.8 Å². The number of halogens is 1. The molecular weight excluding hydrogens is 348 g/mol. The number of nitrogens with zero attached hydrogens (tertiary/aromatic N) is 1. The van der Waals surface area contributed by atoms with Gasteiger partial charge in [-0.15, -0.1) is 28.2 Å². The van der Waals surface area contributed by atoms with Crippen molar-refractivity contribution < 1.29 is 21.8 Å². The zero-order chi connectivity index (χ0) is 15.4. The fourth-order valence-corrected chi connectivity index (χ4v) is 5.63. The Morgan fingerprint density at radius 2 is 1.78 bits per heavy atom. The van der Waals surface area contributed by atoms with Crippen molar-refractivity contribution in [2.45, 2.75) is 25.0 Å². The minimum atomic E-state index is 0. The number of hydrogen-bond donors (Lipinski definition) is 1. The maximum absolute atomic E-state index is 5.55. The second-order valence-electron chi connectivity index (χ2n) is 5.49. The van der Waals surface area contributed by atoms with E-state index < -0.39 is 0 Å². The summed E-state index contributed by atoms with van der Waals surface area (Å²) in [5, 5.41) is 3.55. The Morgan fingerprint density at radius 3 is 2.43 bits per heavy atom. The van der Waals surface area contributed by atoms with Crippen LogP contribution in [-0.4, -0.2) is 29.8 Å². The molecule has 1 aromatic heterocycles. The fraction of sp³-hybridized carbons (Fsp3) is 0.471. The van der Waals surface area contributed by atoms with Gasteiger partial charge in [0, 0.05) is 24.0 Å². The highest BCUT2D eigenvalue weighted by molar-refractivity contribution is 8.16. The number of benzene rings is 1. The molecule has 0 unspecified atom stereocenters. The van der Waals surface area contributed by atoms with Crippen LogP contribution in [0.1, 0.15) is 27.1 Å². The predicted octanol–water partition coefficient (Wildman–Crippen LogP) is 0.467. The molecule has 0 atom stereocenters. The number of ether oxygens (including phenoxy) is 1. The molecule has 0 radical (unpaired) electrons. The lowest BCUT2D eigenvalue weighted by molar-refractivity contribution is -0.748. The first kappa shape index (κ1) is 18.7. The summed E-state index contributed by atoms with van der Waals surface area (Å²) < 4.78 is 8.33. The minimum absolute atomic E-state index is 0. The minimum Gasteiger partial charge on any atom is -1.00 e. The predicted molar refractivity (Wildman–Crippen MR) is 94.5 cm³/mol. The topological polar surface area (TPSA) is 28.9 Å². The normalized spacial score (nSPS) is 16.4. The number of hydrogen-bond acceptors (Lipinski definition) is 3. The lowest BCUT2D eigenvalue weighted by atomic mass is 10.2. The Kier molecular flexibility index (Phi) is 7.34. The van der Waals surface area contributed by atoms with E-state index in [9.17, 15) is 0 Å². The summed E-state index contributed by atoms with van der Waals surface area (Å²) >= 11 is 4.01. The summed E-state index contributed by atoms with van der Waals surface area (Å²) in [6, 6.07) is 10.6. The van der Waals surface area contributed by atoms with E-state index in [-0.39, 0.29) is 12.4 Å². The van der Waals surface area contributed by atoms with Crippen molar-refractivity contribution in [2.75, 3.05) is 24.7 Å². The van der Waals surface area contributed by atoms with E-state index in [2.05, 4.69) is 54.0 Å². The van der Waals surface area contributed by atoms with E-state index >= 15 is 0 Å². The quantitative estimate of drug-likeness (QED) is 0.796. The van der Waals surface area contributed by atoms with E-state index in [0.29, 0.717) is 4.58 Å². The molecule has 1 N–H and O–H groups in total. The van der Waals surface area contributed by atoms with Crippen molar-refractivity contribution in [1.82, 2.24) is 5.10 Å². The largest absolute Gasteiger partial charge is 1.00 e. The molecule has 0 spiro atoms. The number of H-pyrrole nitrogens is 1. The SMILES string of the molecule is Cc1[nH][n+](Cc2ccccc2)c(C)c1C1SCCOCCS1.[Cl-]. The zero-order valence-corrected chi connectivity index (χ0v) is 15.9. The van der Waals surface area contributed by atoms with Gasteiger partial charge in [-0.05, 0) is 6.92 Å². The fourth-order valence-electron chi connectivity index (χ4n) is 2.78. The Hall–Kier alpha value is -0.620. The van der Waals surface area contributed by atoms with Crippen molar-refractivity contribution in [3.8, 4) is 0 Å². The van der Waals surface area contributed by atoms with Crippen LogP contribution in [0.2, 0.25) is 0 Å². The van der Waals surface area contributed by atoms with Crippen LogP contribution in [0.25, 0.3) is 0 Å². The third-order valence-electron chi connectivity index (χ3n) is 3.91. The average Bonchev–Trinajstić information content (AvgIpc) is 2.75. The maximum Gasteiger partial charge on any atom is 0.210 e. The van der Waals surface area contributed by atoms with Crippen LogP contribution in [0.4, 0.5) is 0 Å². The van der Waals surface area contributed by atoms with E-state index in [1.165, 1.54) is 22.5 Å². The molecule has 2 heterocycles. The summed E-state index contributed by atoms with van der Waals surface area (Å²) in [7, 11) is 0. The number of aromatic nitrogens is 2. The van der Waals surface area contributed by atoms with Gasteiger partial charge in [0.15, 0.2) is 6.54 Å². The number of rotatable bonds is 3. The molecule has 0 bridgehead atoms. The van der Waals surface area contributed by atoms with Gasteiger partial charge in [-0.25, -0.2) is 0 Å². The second-order valence-corrected chi connectivity index (χ2v) is 8.22. The van der Waals surface area contributed by atoms with Gasteiger partial charge in [-0.2, -0.15) is 5.10 Å². The first-order valence-corrected chi connectivity index (χ1v) is 9.79. The molecule has 23 heavy (non-hydrogen) atoms. The molecule has 126 valence electrons. The standard InChI is InChI=1S/C17H22N2OS2.ClH/c1-13-16(17-21-10-8-20-9-11-22-17)14(2)19(18-13)12-15-6-4-3-5-7-15;/h3-7,17H,8-12H2,1-2H3;1H. The molecule has 0 aliphatic carbocycles. The van der Waals surface area contributed by atoms with Crippen molar-refractivity contribution in [1.29, 1.82) is 0 Å². The van der Waals surface area contributed by atoms with Gasteiger partial charge < -0.3 is 17.1 Å². The van der Waals surface area contributed by atoms with Crippen LogP contribution in [0.15, 0.2) is 30.3 Å². The van der Waals surface area contributed by atoms with E-state index in [4.69, 9.17) is 4.74 Å². The van der Waals surface area contributed by atoms with Crippen molar-refractivity contribution >= 4 is 23.5 Å². The number of aromatic amines is 1. The van der Waals surface area contributed by atoms with Crippen LogP contribution < -0.4 is 17.1 Å². The molecule has 3 rings (SSSR count). The smallest absolute Gasteiger partial charge is 0.210 e. The van der Waals surface area contributed by atoms with Gasteiger partial charge in [0.25, 0.3) is 0 Å². The van der Waals surface area contributed by atoms with Crippen LogP contribution in [-0.2, 0) is 11.3 Å². The van der Waals surface area contributed by atoms with Gasteiger partial charge in [0.2, 0.25) is 5.69 Å². The van der Waals surface area contributed by atoms with Crippen LogP contribution in [0.3, 0.4) is 0 Å². The van der Waals surface area contributed by atoms with Crippen molar-refractivity contribution in [3.05, 3.63) is 52.8 Å². The highest BCUT2D eigenvalue weighted by atomic mass is 35.5. The summed E-state index contributed by atoms with van der Waals surface area (Å²) in [5.74, 6) is 2.14. The third kappa shape index (κ3) is 4.69. The summed E-state index contributed by atoms with van der Waals surface area (Å²) in [4.78, 5) is 0. The van der Waals surface area contributed by atoms with Crippen molar-refractivity contribution in [3.63, 3.8) is 0 Å². The second kappa shape index (κ2) is 9.02. The van der Waals surface area contributed by atoms with Crippen LogP contribution in [0.5, 0.6) is 0 Å². The summed E-state index contributed by atoms with van der Waals surface area (Å²) in [6.07, 6.45) is 0. The monoisotopic (exact) mass is 370 g/mol. The molecule has 0 saturated carbocycles. The van der Waals surface area contributed by atoms with E-state index in [0.717, 1.165) is 31.3 Å². The Balaban J connectivity index is 0.00000192. The lowest BCUT2D eigenvalue weighted by Gasteiger charge is -2.18. The molecule has 1 aliphatic heterocycles. The molecule has 0 amide bonds. The molecule has 2 aromatic rings. The van der Waals surface area contributed by atoms with Crippen LogP contribution >= 0.6 is 23.5 Å². The highest BCUT2D eigenvalue weighted by Gasteiger charge is 2.27. The molecule has 6 heteroatoms. The Morgan fingerprint density at radius 1 is 1.13 bits per heavy atom. The Labute approximate surface area is 153 Å². The Bertz CT molecular complexity index is 611. The number of nitrogens with one attached hydrogen (secondary N) is 1. The van der Waals surface area contributed by atoms with E-state index in [1.54, 1.807) is 0 Å².